The highest BCUT2D eigenvalue weighted by Gasteiger charge is 2.49. The summed E-state index contributed by atoms with van der Waals surface area (Å²) in [4.78, 5) is 42.2. The minimum absolute atomic E-state index is 0.0531. The van der Waals surface area contributed by atoms with Gasteiger partial charge in [-0.2, -0.15) is 0 Å². The van der Waals surface area contributed by atoms with E-state index in [-0.39, 0.29) is 22.6 Å². The van der Waals surface area contributed by atoms with Crippen LogP contribution in [0.1, 0.15) is 24.0 Å². The number of likely N-dealkylation sites (tertiary alicyclic amines) is 2. The third-order valence-electron chi connectivity index (χ3n) is 10.4. The molecule has 4 aliphatic rings. The number of nitrogens with one attached hydrogen (secondary N) is 2. The Labute approximate surface area is 300 Å². The van der Waals surface area contributed by atoms with Crippen LogP contribution in [0.25, 0.3) is 33.8 Å². The van der Waals surface area contributed by atoms with Crippen LogP contribution in [0.4, 0.5) is 0 Å². The van der Waals surface area contributed by atoms with E-state index in [2.05, 4.69) is 30.4 Å². The van der Waals surface area contributed by atoms with Crippen LogP contribution in [0.3, 0.4) is 0 Å². The first-order chi connectivity index (χ1) is 24.2. The number of ether oxygens (including phenoxy) is 2. The standard InChI is InChI=1S/C37H37Cl2N7O4/c1-49-28-11-22(3-4-23(28)14-45-18-36(19-45)12-29(47)42-16-36)33-32(39)26(8-10-40-33)34-31(38)25(7-9-41-34)27-6-5-24(35(44-27)50-2)15-46-20-37(21-46)13-30(48)43-17-37/h3-11H,12-21H2,1-2H3,(H,42,47)(H,43,48). The average Bonchev–Trinajstić information content (AvgIpc) is 3.68. The lowest BCUT2D eigenvalue weighted by atomic mass is 9.79. The number of carbonyl (C=O) groups is 2. The first-order valence-electron chi connectivity index (χ1n) is 16.7. The van der Waals surface area contributed by atoms with Crippen molar-refractivity contribution in [3.05, 3.63) is 76.0 Å². The molecule has 4 aromatic rings. The van der Waals surface area contributed by atoms with E-state index in [0.29, 0.717) is 63.5 Å². The highest BCUT2D eigenvalue weighted by molar-refractivity contribution is 6.38. The molecule has 0 saturated carbocycles. The van der Waals surface area contributed by atoms with E-state index in [0.717, 1.165) is 68.3 Å². The Morgan fingerprint density at radius 3 is 1.92 bits per heavy atom. The molecule has 4 aliphatic heterocycles. The zero-order valence-corrected chi connectivity index (χ0v) is 29.4. The molecule has 3 aromatic heterocycles. The van der Waals surface area contributed by atoms with Crippen molar-refractivity contribution in [1.29, 1.82) is 0 Å². The Balaban J connectivity index is 1.01. The van der Waals surface area contributed by atoms with Gasteiger partial charge in [-0.1, -0.05) is 41.4 Å². The predicted octanol–water partition coefficient (Wildman–Crippen LogP) is 4.84. The molecule has 0 atom stereocenters. The number of benzene rings is 1. The fourth-order valence-electron chi connectivity index (χ4n) is 8.06. The van der Waals surface area contributed by atoms with Gasteiger partial charge in [0.05, 0.1) is 41.3 Å². The van der Waals surface area contributed by atoms with Crippen molar-refractivity contribution in [2.24, 2.45) is 10.8 Å². The first-order valence-corrected chi connectivity index (χ1v) is 17.4. The van der Waals surface area contributed by atoms with Crippen LogP contribution in [0.2, 0.25) is 10.0 Å². The Morgan fingerprint density at radius 1 is 0.740 bits per heavy atom. The van der Waals surface area contributed by atoms with Crippen molar-refractivity contribution >= 4 is 35.0 Å². The number of nitrogens with zero attached hydrogens (tertiary/aromatic N) is 5. The summed E-state index contributed by atoms with van der Waals surface area (Å²) in [5.41, 5.74) is 6.05. The average molecular weight is 715 g/mol. The lowest BCUT2D eigenvalue weighted by molar-refractivity contribution is -0.121. The highest BCUT2D eigenvalue weighted by Crippen LogP contribution is 2.43. The third-order valence-corrected chi connectivity index (χ3v) is 11.2. The molecule has 2 amide bonds. The molecule has 11 nitrogen and oxygen atoms in total. The van der Waals surface area contributed by atoms with Crippen molar-refractivity contribution in [3.8, 4) is 45.4 Å². The van der Waals surface area contributed by atoms with E-state index in [9.17, 15) is 9.59 Å². The van der Waals surface area contributed by atoms with E-state index >= 15 is 0 Å². The van der Waals surface area contributed by atoms with Gasteiger partial charge in [0, 0.05) is 116 Å². The number of pyridine rings is 3. The molecule has 4 saturated heterocycles. The third kappa shape index (κ3) is 5.96. The fraction of sp³-hybridized carbons (Fsp3) is 0.378. The number of rotatable bonds is 9. The van der Waals surface area contributed by atoms with Crippen LogP contribution in [-0.4, -0.2) is 90.1 Å². The molecule has 1 aromatic carbocycles. The van der Waals surface area contributed by atoms with Gasteiger partial charge in [0.1, 0.15) is 5.75 Å². The van der Waals surface area contributed by atoms with Gasteiger partial charge < -0.3 is 20.1 Å². The second-order valence-corrected chi connectivity index (χ2v) is 14.9. The molecule has 8 rings (SSSR count). The van der Waals surface area contributed by atoms with Gasteiger partial charge in [0.25, 0.3) is 0 Å². The zero-order chi connectivity index (χ0) is 34.6. The van der Waals surface area contributed by atoms with Gasteiger partial charge in [-0.15, -0.1) is 0 Å². The van der Waals surface area contributed by atoms with Gasteiger partial charge in [-0.05, 0) is 24.3 Å². The van der Waals surface area contributed by atoms with E-state index in [1.807, 2.05) is 42.5 Å². The number of aromatic nitrogens is 3. The predicted molar refractivity (Wildman–Crippen MR) is 190 cm³/mol. The molecular formula is C37H37Cl2N7O4. The van der Waals surface area contributed by atoms with Gasteiger partial charge in [0.15, 0.2) is 0 Å². The zero-order valence-electron chi connectivity index (χ0n) is 27.9. The minimum atomic E-state index is 0.0531. The smallest absolute Gasteiger partial charge is 0.220 e. The fourth-order valence-corrected chi connectivity index (χ4v) is 8.68. The minimum Gasteiger partial charge on any atom is -0.496 e. The molecule has 258 valence electrons. The maximum atomic E-state index is 11.7. The lowest BCUT2D eigenvalue weighted by Gasteiger charge is -2.47. The molecule has 4 fully saturated rings. The second-order valence-electron chi connectivity index (χ2n) is 14.1. The van der Waals surface area contributed by atoms with Crippen molar-refractivity contribution < 1.29 is 19.1 Å². The molecule has 0 unspecified atom stereocenters. The molecule has 0 bridgehead atoms. The summed E-state index contributed by atoms with van der Waals surface area (Å²) in [5, 5.41) is 6.75. The lowest BCUT2D eigenvalue weighted by Crippen LogP contribution is -2.56. The van der Waals surface area contributed by atoms with Crippen molar-refractivity contribution in [1.82, 2.24) is 35.4 Å². The SMILES string of the molecule is COc1cc(-c2nccc(-c3nccc(-c4ccc(CN5CC6(CNC(=O)C6)C5)c(OC)n4)c3Cl)c2Cl)ccc1CN1CC2(CNC(=O)C2)C1. The molecule has 7 heterocycles. The van der Waals surface area contributed by atoms with Gasteiger partial charge in [-0.25, -0.2) is 4.98 Å². The number of hydrogen-bond donors (Lipinski definition) is 2. The van der Waals surface area contributed by atoms with E-state index in [1.165, 1.54) is 0 Å². The Kier molecular flexibility index (Phi) is 8.42. The number of hydrogen-bond acceptors (Lipinski definition) is 9. The number of carbonyl (C=O) groups excluding carboxylic acids is 2. The highest BCUT2D eigenvalue weighted by atomic mass is 35.5. The van der Waals surface area contributed by atoms with Crippen LogP contribution in [0.5, 0.6) is 11.6 Å². The first kappa shape index (κ1) is 32.9. The van der Waals surface area contributed by atoms with Gasteiger partial charge in [0.2, 0.25) is 17.7 Å². The number of amides is 2. The van der Waals surface area contributed by atoms with Crippen LogP contribution in [0, 0.1) is 10.8 Å². The molecule has 0 aliphatic carbocycles. The topological polar surface area (TPSA) is 122 Å². The second kappa shape index (κ2) is 12.8. The molecule has 50 heavy (non-hydrogen) atoms. The van der Waals surface area contributed by atoms with Crippen LogP contribution in [0.15, 0.2) is 54.9 Å². The van der Waals surface area contributed by atoms with Crippen molar-refractivity contribution in [2.45, 2.75) is 25.9 Å². The molecule has 13 heteroatoms. The summed E-state index contributed by atoms with van der Waals surface area (Å²) < 4.78 is 11.5. The summed E-state index contributed by atoms with van der Waals surface area (Å²) in [6, 6.07) is 13.6. The summed E-state index contributed by atoms with van der Waals surface area (Å²) in [6.07, 6.45) is 4.59. The maximum Gasteiger partial charge on any atom is 0.220 e. The Bertz CT molecular complexity index is 1870. The Hall–Kier alpha value is -4.29. The maximum absolute atomic E-state index is 11.7. The monoisotopic (exact) mass is 713 g/mol. The molecule has 2 spiro atoms. The van der Waals surface area contributed by atoms with Crippen LogP contribution < -0.4 is 20.1 Å². The van der Waals surface area contributed by atoms with Crippen LogP contribution in [-0.2, 0) is 22.7 Å². The van der Waals surface area contributed by atoms with E-state index < -0.39 is 0 Å². The summed E-state index contributed by atoms with van der Waals surface area (Å²) in [5.74, 6) is 1.55. The normalized spacial score (nSPS) is 19.3. The Morgan fingerprint density at radius 2 is 1.32 bits per heavy atom. The molecule has 2 N–H and O–H groups in total. The summed E-state index contributed by atoms with van der Waals surface area (Å²) in [7, 11) is 3.27. The quantitative estimate of drug-likeness (QED) is 0.251. The molecular weight excluding hydrogens is 677 g/mol. The largest absolute Gasteiger partial charge is 0.496 e. The van der Waals surface area contributed by atoms with Crippen LogP contribution >= 0.6 is 23.2 Å². The molecule has 0 radical (unpaired) electrons. The van der Waals surface area contributed by atoms with Gasteiger partial charge in [-0.3, -0.25) is 29.4 Å². The van der Waals surface area contributed by atoms with Crippen molar-refractivity contribution in [3.63, 3.8) is 0 Å². The summed E-state index contributed by atoms with van der Waals surface area (Å²) in [6.45, 7) is 6.39. The van der Waals surface area contributed by atoms with E-state index in [4.69, 9.17) is 37.7 Å². The van der Waals surface area contributed by atoms with E-state index in [1.54, 1.807) is 26.6 Å². The summed E-state index contributed by atoms with van der Waals surface area (Å²) >= 11 is 14.1. The number of methoxy groups -OCH3 is 2. The van der Waals surface area contributed by atoms with Crippen molar-refractivity contribution in [2.75, 3.05) is 53.5 Å². The number of halogens is 2. The van der Waals surface area contributed by atoms with Gasteiger partial charge >= 0.3 is 0 Å².